The number of unbranched alkanes of at least 4 members (excludes halogenated alkanes) is 23. The number of hydrogen-bond acceptors (Lipinski definition) is 6. The van der Waals surface area contributed by atoms with Crippen LogP contribution in [0.15, 0.2) is 24.5 Å². The number of ether oxygens (including phenoxy) is 2. The van der Waals surface area contributed by atoms with Crippen molar-refractivity contribution >= 4 is 13.8 Å². The predicted molar refractivity (Wildman–Crippen MR) is 215 cm³/mol. The highest BCUT2D eigenvalue weighted by molar-refractivity contribution is 7.47. The summed E-state index contributed by atoms with van der Waals surface area (Å²) in [7, 11) is 1.63. The van der Waals surface area contributed by atoms with E-state index in [4.69, 9.17) is 18.5 Å². The van der Waals surface area contributed by atoms with E-state index in [-0.39, 0.29) is 32.2 Å². The molecular formula is C42H83NO7P+. The van der Waals surface area contributed by atoms with Crippen LogP contribution in [-0.2, 0) is 27.9 Å². The third-order valence-electron chi connectivity index (χ3n) is 9.08. The van der Waals surface area contributed by atoms with E-state index in [9.17, 15) is 14.3 Å². The lowest BCUT2D eigenvalue weighted by Gasteiger charge is -2.24. The van der Waals surface area contributed by atoms with Crippen molar-refractivity contribution in [1.82, 2.24) is 0 Å². The number of carbonyl (C=O) groups excluding carboxylic acids is 1. The molecule has 0 bridgehead atoms. The lowest BCUT2D eigenvalue weighted by atomic mass is 10.0. The van der Waals surface area contributed by atoms with Gasteiger partial charge in [-0.05, 0) is 51.0 Å². The zero-order valence-electron chi connectivity index (χ0n) is 34.1. The zero-order chi connectivity index (χ0) is 37.7. The first-order chi connectivity index (χ1) is 24.6. The van der Waals surface area contributed by atoms with Crippen LogP contribution in [0.1, 0.15) is 187 Å². The summed E-state index contributed by atoms with van der Waals surface area (Å²) in [6.45, 7) is 4.92. The van der Waals surface area contributed by atoms with E-state index in [0.29, 0.717) is 11.0 Å². The lowest BCUT2D eigenvalue weighted by Crippen LogP contribution is -2.37. The van der Waals surface area contributed by atoms with Gasteiger partial charge in [-0.1, -0.05) is 148 Å². The minimum absolute atomic E-state index is 0.0428. The van der Waals surface area contributed by atoms with Crippen molar-refractivity contribution in [2.75, 3.05) is 47.5 Å². The Hall–Kier alpha value is -1.18. The molecule has 0 aliphatic heterocycles. The highest BCUT2D eigenvalue weighted by Crippen LogP contribution is 2.43. The van der Waals surface area contributed by atoms with E-state index in [1.165, 1.54) is 128 Å². The second-order valence-corrected chi connectivity index (χ2v) is 16.9. The fourth-order valence-electron chi connectivity index (χ4n) is 5.75. The summed E-state index contributed by atoms with van der Waals surface area (Å²) in [6.07, 6.45) is 40.2. The van der Waals surface area contributed by atoms with Crippen LogP contribution in [0.3, 0.4) is 0 Å². The zero-order valence-corrected chi connectivity index (χ0v) is 35.0. The molecule has 0 rings (SSSR count). The monoisotopic (exact) mass is 745 g/mol. The van der Waals surface area contributed by atoms with Gasteiger partial charge in [0, 0.05) is 6.42 Å². The summed E-state index contributed by atoms with van der Waals surface area (Å²) in [5.41, 5.74) is 0. The number of hydrogen-bond donors (Lipinski definition) is 1. The van der Waals surface area contributed by atoms with Crippen LogP contribution in [0.4, 0.5) is 0 Å². The van der Waals surface area contributed by atoms with E-state index in [1.807, 2.05) is 27.2 Å². The van der Waals surface area contributed by atoms with E-state index in [2.05, 4.69) is 26.0 Å². The second kappa shape index (κ2) is 35.8. The van der Waals surface area contributed by atoms with Gasteiger partial charge in [-0.15, -0.1) is 0 Å². The van der Waals surface area contributed by atoms with Gasteiger partial charge in [-0.25, -0.2) is 4.57 Å². The quantitative estimate of drug-likeness (QED) is 0.0167. The molecule has 0 heterocycles. The Labute approximate surface area is 315 Å². The first kappa shape index (κ1) is 49.8. The van der Waals surface area contributed by atoms with Gasteiger partial charge >= 0.3 is 13.8 Å². The Balaban J connectivity index is 4.33. The molecule has 8 nitrogen and oxygen atoms in total. The van der Waals surface area contributed by atoms with Crippen LogP contribution < -0.4 is 0 Å². The van der Waals surface area contributed by atoms with E-state index < -0.39 is 13.9 Å². The Morgan fingerprint density at radius 3 is 1.51 bits per heavy atom. The second-order valence-electron chi connectivity index (χ2n) is 15.4. The first-order valence-corrected chi connectivity index (χ1v) is 22.6. The molecule has 2 atom stereocenters. The van der Waals surface area contributed by atoms with Crippen molar-refractivity contribution in [2.24, 2.45) is 0 Å². The number of esters is 1. The van der Waals surface area contributed by atoms with Crippen molar-refractivity contribution < 1.29 is 37.3 Å². The van der Waals surface area contributed by atoms with E-state index in [1.54, 1.807) is 6.26 Å². The van der Waals surface area contributed by atoms with Gasteiger partial charge in [-0.3, -0.25) is 13.8 Å². The smallest absolute Gasteiger partial charge is 0.472 e. The van der Waals surface area contributed by atoms with Crippen molar-refractivity contribution in [1.29, 1.82) is 0 Å². The minimum Gasteiger partial charge on any atom is -0.498 e. The Bertz CT molecular complexity index is 874. The van der Waals surface area contributed by atoms with Gasteiger partial charge in [0.2, 0.25) is 0 Å². The maximum absolute atomic E-state index is 12.6. The minimum atomic E-state index is -4.29. The number of phosphoric ester groups is 1. The van der Waals surface area contributed by atoms with Crippen LogP contribution in [0, 0.1) is 0 Å². The molecule has 0 saturated heterocycles. The summed E-state index contributed by atoms with van der Waals surface area (Å²) >= 11 is 0. The van der Waals surface area contributed by atoms with Gasteiger partial charge in [0.05, 0.1) is 34.0 Å². The molecular weight excluding hydrogens is 661 g/mol. The molecule has 9 heteroatoms. The molecule has 0 aromatic carbocycles. The number of rotatable bonds is 39. The SMILES string of the molecule is CCCCCCCCCCC/C=C/CCCCC(=O)O[C@H](CO/C=C/CCCCCCCCCCCCCC)COP(=O)(O)OCC[N+](C)(C)C. The van der Waals surface area contributed by atoms with E-state index in [0.717, 1.165) is 38.5 Å². The molecule has 0 amide bonds. The maximum atomic E-state index is 12.6. The summed E-state index contributed by atoms with van der Waals surface area (Å²) < 4.78 is 34.7. The van der Waals surface area contributed by atoms with Crippen LogP contribution in [-0.4, -0.2) is 69.0 Å². The Morgan fingerprint density at radius 1 is 0.608 bits per heavy atom. The molecule has 0 spiro atoms. The molecule has 0 aromatic heterocycles. The molecule has 51 heavy (non-hydrogen) atoms. The van der Waals surface area contributed by atoms with Crippen molar-refractivity contribution in [2.45, 2.75) is 193 Å². The number of nitrogens with zero attached hydrogens (tertiary/aromatic N) is 1. The average molecular weight is 745 g/mol. The van der Waals surface area contributed by atoms with Crippen LogP contribution in [0.5, 0.6) is 0 Å². The van der Waals surface area contributed by atoms with Gasteiger partial charge in [0.1, 0.15) is 19.8 Å². The fraction of sp³-hybridized carbons (Fsp3) is 0.881. The van der Waals surface area contributed by atoms with Crippen molar-refractivity contribution in [3.8, 4) is 0 Å². The van der Waals surface area contributed by atoms with Gasteiger partial charge in [0.15, 0.2) is 6.10 Å². The highest BCUT2D eigenvalue weighted by atomic mass is 31.2. The first-order valence-electron chi connectivity index (χ1n) is 21.1. The topological polar surface area (TPSA) is 91.3 Å². The van der Waals surface area contributed by atoms with Crippen molar-refractivity contribution in [3.63, 3.8) is 0 Å². The van der Waals surface area contributed by atoms with Crippen LogP contribution >= 0.6 is 7.82 Å². The molecule has 1 N–H and O–H groups in total. The largest absolute Gasteiger partial charge is 0.498 e. The molecule has 0 aliphatic rings. The average Bonchev–Trinajstić information content (AvgIpc) is 3.08. The van der Waals surface area contributed by atoms with Crippen LogP contribution in [0.25, 0.3) is 0 Å². The standard InChI is InChI=1S/C42H82NO7P/c1-6-8-10-12-14-16-18-20-22-23-25-27-29-31-33-35-42(44)50-41(40-49-51(45,46)48-38-36-43(3,4)5)39-47-37-34-32-30-28-26-24-21-19-17-15-13-11-9-7-2/h25,27,34,37,41H,6-24,26,28-33,35-36,38-40H2,1-5H3/p+1/b27-25+,37-34+/t41-/m1/s1. The number of allylic oxidation sites excluding steroid dienone is 3. The number of quaternary nitrogens is 1. The van der Waals surface area contributed by atoms with Gasteiger partial charge in [-0.2, -0.15) is 0 Å². The Morgan fingerprint density at radius 2 is 1.04 bits per heavy atom. The number of likely N-dealkylation sites (N-methyl/N-ethyl adjacent to an activating group) is 1. The third-order valence-corrected chi connectivity index (χ3v) is 10.1. The summed E-state index contributed by atoms with van der Waals surface area (Å²) in [5, 5.41) is 0. The molecule has 0 radical (unpaired) electrons. The van der Waals surface area contributed by atoms with E-state index >= 15 is 0 Å². The molecule has 302 valence electrons. The van der Waals surface area contributed by atoms with Gasteiger partial charge < -0.3 is 18.9 Å². The molecule has 1 unspecified atom stereocenters. The molecule has 0 aromatic rings. The highest BCUT2D eigenvalue weighted by Gasteiger charge is 2.26. The predicted octanol–water partition coefficient (Wildman–Crippen LogP) is 12.4. The Kier molecular flexibility index (Phi) is 35.0. The summed E-state index contributed by atoms with van der Waals surface area (Å²) in [4.78, 5) is 22.8. The van der Waals surface area contributed by atoms with Gasteiger partial charge in [0.25, 0.3) is 0 Å². The molecule has 0 fully saturated rings. The summed E-state index contributed by atoms with van der Waals surface area (Å²) in [6, 6.07) is 0. The lowest BCUT2D eigenvalue weighted by molar-refractivity contribution is -0.870. The fourth-order valence-corrected chi connectivity index (χ4v) is 6.49. The molecule has 0 saturated carbocycles. The van der Waals surface area contributed by atoms with Crippen molar-refractivity contribution in [3.05, 3.63) is 24.5 Å². The number of carbonyl (C=O) groups is 1. The number of phosphoric acid groups is 1. The third kappa shape index (κ3) is 39.9. The maximum Gasteiger partial charge on any atom is 0.472 e. The van der Waals surface area contributed by atoms with Crippen LogP contribution in [0.2, 0.25) is 0 Å². The molecule has 0 aliphatic carbocycles. The summed E-state index contributed by atoms with van der Waals surface area (Å²) in [5.74, 6) is -0.356. The normalized spacial score (nSPS) is 14.0.